The van der Waals surface area contributed by atoms with Crippen LogP contribution in [0.2, 0.25) is 5.02 Å². The predicted molar refractivity (Wildman–Crippen MR) is 128 cm³/mol. The molecular formula is C22H19ClN6O3S. The lowest BCUT2D eigenvalue weighted by molar-refractivity contribution is 0.190. The van der Waals surface area contributed by atoms with E-state index in [1.165, 1.54) is 11.8 Å². The van der Waals surface area contributed by atoms with Crippen molar-refractivity contribution in [3.8, 4) is 0 Å². The van der Waals surface area contributed by atoms with E-state index < -0.39 is 0 Å². The quantitative estimate of drug-likeness (QED) is 0.280. The minimum atomic E-state index is -0.226. The molecule has 5 rings (SSSR count). The van der Waals surface area contributed by atoms with E-state index in [0.29, 0.717) is 63.4 Å². The second-order valence-electron chi connectivity index (χ2n) is 7.40. The molecule has 0 spiro atoms. The number of rotatable bonds is 7. The van der Waals surface area contributed by atoms with Gasteiger partial charge in [0.05, 0.1) is 27.6 Å². The number of benzene rings is 2. The molecule has 11 heteroatoms. The molecule has 3 heterocycles. The lowest BCUT2D eigenvalue weighted by Gasteiger charge is -2.11. The Hall–Kier alpha value is -3.21. The molecule has 0 unspecified atom stereocenters. The fourth-order valence-corrected chi connectivity index (χ4v) is 4.73. The van der Waals surface area contributed by atoms with Gasteiger partial charge in [-0.2, -0.15) is 0 Å². The molecule has 0 aliphatic carbocycles. The number of para-hydroxylation sites is 1. The predicted octanol–water partition coefficient (Wildman–Crippen LogP) is 3.26. The summed E-state index contributed by atoms with van der Waals surface area (Å²) in [7, 11) is 1.63. The molecule has 0 bridgehead atoms. The van der Waals surface area contributed by atoms with Crippen molar-refractivity contribution in [2.45, 2.75) is 23.9 Å². The Balaban J connectivity index is 1.56. The van der Waals surface area contributed by atoms with Crippen molar-refractivity contribution in [3.05, 3.63) is 74.0 Å². The Morgan fingerprint density at radius 3 is 2.82 bits per heavy atom. The van der Waals surface area contributed by atoms with Crippen LogP contribution in [0.25, 0.3) is 27.6 Å². The number of ether oxygens (including phenoxy) is 1. The minimum Gasteiger partial charge on any atom is -0.385 e. The Morgan fingerprint density at radius 1 is 1.12 bits per heavy atom. The number of aromatic amines is 1. The topological polar surface area (TPSA) is 107 Å². The summed E-state index contributed by atoms with van der Waals surface area (Å²) >= 11 is 7.43. The third-order valence-electron chi connectivity index (χ3n) is 5.26. The number of hydrogen-bond acceptors (Lipinski definition) is 7. The van der Waals surface area contributed by atoms with E-state index in [0.717, 1.165) is 5.52 Å². The van der Waals surface area contributed by atoms with Gasteiger partial charge in [0, 0.05) is 25.3 Å². The van der Waals surface area contributed by atoms with Crippen LogP contribution in [0.4, 0.5) is 0 Å². The molecule has 0 radical (unpaired) electrons. The highest BCUT2D eigenvalue weighted by Gasteiger charge is 2.17. The number of thioether (sulfide) groups is 1. The Labute approximate surface area is 196 Å². The summed E-state index contributed by atoms with van der Waals surface area (Å²) in [5, 5.41) is 10.8. The lowest BCUT2D eigenvalue weighted by Crippen LogP contribution is -2.24. The van der Waals surface area contributed by atoms with Gasteiger partial charge in [-0.3, -0.25) is 18.6 Å². The number of fused-ring (bicyclic) bond motifs is 4. The van der Waals surface area contributed by atoms with Crippen LogP contribution < -0.4 is 11.1 Å². The van der Waals surface area contributed by atoms with Crippen molar-refractivity contribution in [1.29, 1.82) is 0 Å². The maximum absolute atomic E-state index is 13.1. The van der Waals surface area contributed by atoms with E-state index >= 15 is 0 Å². The van der Waals surface area contributed by atoms with Crippen molar-refractivity contribution in [2.24, 2.45) is 0 Å². The highest BCUT2D eigenvalue weighted by Crippen LogP contribution is 2.24. The maximum Gasteiger partial charge on any atom is 0.262 e. The van der Waals surface area contributed by atoms with Gasteiger partial charge in [0.15, 0.2) is 5.16 Å². The van der Waals surface area contributed by atoms with E-state index in [-0.39, 0.29) is 11.1 Å². The molecule has 3 aromatic heterocycles. The number of aryl methyl sites for hydroxylation is 1. The summed E-state index contributed by atoms with van der Waals surface area (Å²) in [4.78, 5) is 32.9. The third-order valence-corrected chi connectivity index (χ3v) is 6.44. The monoisotopic (exact) mass is 482 g/mol. The average molecular weight is 483 g/mol. The first kappa shape index (κ1) is 21.6. The Kier molecular flexibility index (Phi) is 5.88. The molecule has 2 aromatic carbocycles. The summed E-state index contributed by atoms with van der Waals surface area (Å²) in [5.74, 6) is 1.31. The molecule has 168 valence electrons. The first-order valence-electron chi connectivity index (χ1n) is 10.2. The van der Waals surface area contributed by atoms with Crippen LogP contribution in [0.3, 0.4) is 0 Å². The van der Waals surface area contributed by atoms with E-state index in [1.807, 2.05) is 22.6 Å². The van der Waals surface area contributed by atoms with Gasteiger partial charge < -0.3 is 9.72 Å². The van der Waals surface area contributed by atoms with E-state index in [4.69, 9.17) is 16.3 Å². The van der Waals surface area contributed by atoms with Crippen LogP contribution in [0.15, 0.2) is 57.2 Å². The van der Waals surface area contributed by atoms with Gasteiger partial charge in [-0.15, -0.1) is 10.2 Å². The summed E-state index contributed by atoms with van der Waals surface area (Å²) in [5.41, 5.74) is 0.913. The van der Waals surface area contributed by atoms with Crippen molar-refractivity contribution in [2.75, 3.05) is 13.7 Å². The summed E-state index contributed by atoms with van der Waals surface area (Å²) in [6.07, 6.45) is 0.671. The first-order valence-corrected chi connectivity index (χ1v) is 11.6. The Bertz CT molecular complexity index is 1610. The number of nitrogens with zero attached hydrogens (tertiary/aromatic N) is 5. The Morgan fingerprint density at radius 2 is 1.97 bits per heavy atom. The fourth-order valence-electron chi connectivity index (χ4n) is 3.76. The van der Waals surface area contributed by atoms with Crippen LogP contribution in [0, 0.1) is 0 Å². The summed E-state index contributed by atoms with van der Waals surface area (Å²) in [6.45, 7) is 0.996. The third kappa shape index (κ3) is 4.01. The SMILES string of the molecule is COCCCn1c(=O)c2ccccc2n2c(SCc3nc4cc(Cl)ccc4c(=O)[nH]3)nnc12. The second-order valence-corrected chi connectivity index (χ2v) is 8.78. The van der Waals surface area contributed by atoms with Gasteiger partial charge in [-0.25, -0.2) is 4.98 Å². The highest BCUT2D eigenvalue weighted by molar-refractivity contribution is 7.98. The van der Waals surface area contributed by atoms with Crippen LogP contribution in [-0.2, 0) is 17.0 Å². The molecule has 1 N–H and O–H groups in total. The second kappa shape index (κ2) is 8.97. The zero-order chi connectivity index (χ0) is 22.9. The maximum atomic E-state index is 13.1. The number of hydrogen-bond donors (Lipinski definition) is 1. The normalized spacial score (nSPS) is 11.7. The number of nitrogens with one attached hydrogen (secondary N) is 1. The summed E-state index contributed by atoms with van der Waals surface area (Å²) < 4.78 is 8.62. The minimum absolute atomic E-state index is 0.115. The number of halogens is 1. The molecule has 0 saturated carbocycles. The van der Waals surface area contributed by atoms with Gasteiger partial charge in [0.1, 0.15) is 5.82 Å². The molecule has 9 nitrogen and oxygen atoms in total. The molecular weight excluding hydrogens is 464 g/mol. The number of aromatic nitrogens is 6. The number of H-pyrrole nitrogens is 1. The number of methoxy groups -OCH3 is 1. The highest BCUT2D eigenvalue weighted by atomic mass is 35.5. The van der Waals surface area contributed by atoms with Crippen molar-refractivity contribution in [1.82, 2.24) is 29.1 Å². The van der Waals surface area contributed by atoms with Crippen LogP contribution in [0.5, 0.6) is 0 Å². The van der Waals surface area contributed by atoms with Gasteiger partial charge >= 0.3 is 0 Å². The van der Waals surface area contributed by atoms with Crippen LogP contribution in [-0.4, -0.2) is 42.8 Å². The summed E-state index contributed by atoms with van der Waals surface area (Å²) in [6, 6.07) is 12.4. The van der Waals surface area contributed by atoms with E-state index in [1.54, 1.807) is 35.9 Å². The molecule has 0 aliphatic rings. The first-order chi connectivity index (χ1) is 16.1. The smallest absolute Gasteiger partial charge is 0.262 e. The van der Waals surface area contributed by atoms with Crippen LogP contribution in [0.1, 0.15) is 12.2 Å². The standard InChI is InChI=1S/C22H19ClN6O3S/c1-32-10-4-9-28-20(31)15-5-2-3-6-17(15)29-21(28)26-27-22(29)33-12-18-24-16-11-13(23)7-8-14(16)19(30)25-18/h2-3,5-8,11H,4,9-10,12H2,1H3,(H,24,25,30). The molecule has 5 aromatic rings. The molecule has 0 saturated heterocycles. The van der Waals surface area contributed by atoms with E-state index in [9.17, 15) is 9.59 Å². The largest absolute Gasteiger partial charge is 0.385 e. The van der Waals surface area contributed by atoms with E-state index in [2.05, 4.69) is 20.2 Å². The van der Waals surface area contributed by atoms with Crippen molar-refractivity contribution >= 4 is 50.9 Å². The van der Waals surface area contributed by atoms with Crippen molar-refractivity contribution < 1.29 is 4.74 Å². The molecule has 33 heavy (non-hydrogen) atoms. The van der Waals surface area contributed by atoms with Crippen molar-refractivity contribution in [3.63, 3.8) is 0 Å². The van der Waals surface area contributed by atoms with Gasteiger partial charge in [-0.05, 0) is 36.8 Å². The van der Waals surface area contributed by atoms with Crippen LogP contribution >= 0.6 is 23.4 Å². The van der Waals surface area contributed by atoms with Gasteiger partial charge in [0.2, 0.25) is 5.78 Å². The lowest BCUT2D eigenvalue weighted by atomic mass is 10.2. The zero-order valence-electron chi connectivity index (χ0n) is 17.6. The van der Waals surface area contributed by atoms with Gasteiger partial charge in [-0.1, -0.05) is 35.5 Å². The average Bonchev–Trinajstić information content (AvgIpc) is 3.23. The molecule has 0 amide bonds. The molecule has 0 aliphatic heterocycles. The molecule has 0 fully saturated rings. The zero-order valence-corrected chi connectivity index (χ0v) is 19.2. The fraction of sp³-hybridized carbons (Fsp3) is 0.227. The molecule has 0 atom stereocenters. The van der Waals surface area contributed by atoms with Gasteiger partial charge in [0.25, 0.3) is 11.1 Å².